The summed E-state index contributed by atoms with van der Waals surface area (Å²) in [7, 11) is -3.65. The van der Waals surface area contributed by atoms with Gasteiger partial charge in [0, 0.05) is 4.47 Å². The van der Waals surface area contributed by atoms with Gasteiger partial charge in [0.15, 0.2) is 0 Å². The van der Waals surface area contributed by atoms with Crippen LogP contribution in [0.3, 0.4) is 0 Å². The van der Waals surface area contributed by atoms with Crippen molar-refractivity contribution in [3.63, 3.8) is 0 Å². The second kappa shape index (κ2) is 9.45. The number of nitrogens with zero attached hydrogens (tertiary/aromatic N) is 1. The Kier molecular flexibility index (Phi) is 6.95. The van der Waals surface area contributed by atoms with Crippen molar-refractivity contribution in [2.24, 2.45) is 0 Å². The lowest BCUT2D eigenvalue weighted by atomic mass is 9.97. The molecule has 0 radical (unpaired) electrons. The molecular weight excluding hydrogens is 464 g/mol. The Bertz CT molecular complexity index is 1130. The maximum Gasteiger partial charge on any atom is 0.241 e. The standard InChI is InChI=1S/C23H23BrN2O3S/c1-17-8-6-11-19(14-17)23(18-9-4-3-5-10-18)25-22(27)16-26(30(2,28)29)21-13-7-12-20(24)15-21/h3-15,23H,16H2,1-2H3,(H,25,27). The van der Waals surface area contributed by atoms with Gasteiger partial charge in [-0.1, -0.05) is 82.2 Å². The summed E-state index contributed by atoms with van der Waals surface area (Å²) >= 11 is 3.35. The van der Waals surface area contributed by atoms with E-state index in [9.17, 15) is 13.2 Å². The van der Waals surface area contributed by atoms with E-state index < -0.39 is 15.9 Å². The molecule has 0 bridgehead atoms. The third-order valence-electron chi connectivity index (χ3n) is 4.60. The molecule has 7 heteroatoms. The van der Waals surface area contributed by atoms with Crippen LogP contribution in [-0.2, 0) is 14.8 Å². The third-order valence-corrected chi connectivity index (χ3v) is 6.23. The average molecular weight is 487 g/mol. The maximum absolute atomic E-state index is 13.0. The van der Waals surface area contributed by atoms with Crippen LogP contribution in [0, 0.1) is 6.92 Å². The Morgan fingerprint density at radius 1 is 0.967 bits per heavy atom. The van der Waals surface area contributed by atoms with E-state index in [0.717, 1.165) is 31.7 Å². The van der Waals surface area contributed by atoms with Crippen molar-refractivity contribution in [2.75, 3.05) is 17.1 Å². The monoisotopic (exact) mass is 486 g/mol. The summed E-state index contributed by atoms with van der Waals surface area (Å²) in [5.74, 6) is -0.393. The van der Waals surface area contributed by atoms with Crippen LogP contribution in [0.5, 0.6) is 0 Å². The van der Waals surface area contributed by atoms with Crippen molar-refractivity contribution in [2.45, 2.75) is 13.0 Å². The largest absolute Gasteiger partial charge is 0.344 e. The number of carbonyl (C=O) groups excluding carboxylic acids is 1. The molecule has 1 N–H and O–H groups in total. The first-order valence-corrected chi connectivity index (χ1v) is 12.0. The zero-order chi connectivity index (χ0) is 21.7. The summed E-state index contributed by atoms with van der Waals surface area (Å²) in [6.07, 6.45) is 1.09. The summed E-state index contributed by atoms with van der Waals surface area (Å²) in [4.78, 5) is 13.0. The van der Waals surface area contributed by atoms with E-state index in [4.69, 9.17) is 0 Å². The molecule has 1 amide bonds. The molecule has 3 aromatic carbocycles. The Hall–Kier alpha value is -2.64. The first kappa shape index (κ1) is 22.1. The molecule has 0 aliphatic rings. The Labute approximate surface area is 185 Å². The first-order valence-electron chi connectivity index (χ1n) is 9.38. The predicted molar refractivity (Wildman–Crippen MR) is 124 cm³/mol. The fourth-order valence-electron chi connectivity index (χ4n) is 3.22. The highest BCUT2D eigenvalue weighted by atomic mass is 79.9. The molecule has 0 aliphatic heterocycles. The first-order chi connectivity index (χ1) is 14.2. The number of benzene rings is 3. The van der Waals surface area contributed by atoms with Gasteiger partial charge in [0.05, 0.1) is 18.0 Å². The number of amides is 1. The van der Waals surface area contributed by atoms with Gasteiger partial charge < -0.3 is 5.32 Å². The molecule has 0 aliphatic carbocycles. The SMILES string of the molecule is Cc1cccc(C(NC(=O)CN(c2cccc(Br)c2)S(C)(=O)=O)c2ccccc2)c1. The summed E-state index contributed by atoms with van der Waals surface area (Å²) in [6.45, 7) is 1.68. The molecule has 30 heavy (non-hydrogen) atoms. The number of hydrogen-bond acceptors (Lipinski definition) is 3. The molecule has 0 spiro atoms. The van der Waals surface area contributed by atoms with E-state index in [0.29, 0.717) is 5.69 Å². The number of rotatable bonds is 7. The van der Waals surface area contributed by atoms with Crippen molar-refractivity contribution in [1.29, 1.82) is 0 Å². The van der Waals surface area contributed by atoms with E-state index in [2.05, 4.69) is 21.2 Å². The number of hydrogen-bond donors (Lipinski definition) is 1. The highest BCUT2D eigenvalue weighted by Crippen LogP contribution is 2.24. The van der Waals surface area contributed by atoms with Crippen LogP contribution in [0.15, 0.2) is 83.3 Å². The Morgan fingerprint density at radius 2 is 1.63 bits per heavy atom. The smallest absolute Gasteiger partial charge is 0.241 e. The number of anilines is 1. The lowest BCUT2D eigenvalue weighted by molar-refractivity contribution is -0.120. The number of nitrogens with one attached hydrogen (secondary N) is 1. The van der Waals surface area contributed by atoms with Gasteiger partial charge in [0.2, 0.25) is 15.9 Å². The minimum atomic E-state index is -3.65. The van der Waals surface area contributed by atoms with Crippen LogP contribution < -0.4 is 9.62 Å². The van der Waals surface area contributed by atoms with Crippen molar-refractivity contribution >= 4 is 37.5 Å². The molecular formula is C23H23BrN2O3S. The molecule has 1 atom stereocenters. The molecule has 1 unspecified atom stereocenters. The van der Waals surface area contributed by atoms with Gasteiger partial charge in [-0.2, -0.15) is 0 Å². The van der Waals surface area contributed by atoms with Crippen molar-refractivity contribution in [3.8, 4) is 0 Å². The van der Waals surface area contributed by atoms with E-state index >= 15 is 0 Å². The van der Waals surface area contributed by atoms with Gasteiger partial charge in [-0.3, -0.25) is 9.10 Å². The summed E-state index contributed by atoms with van der Waals surface area (Å²) in [5, 5.41) is 3.01. The van der Waals surface area contributed by atoms with E-state index in [1.807, 2.05) is 61.5 Å². The lowest BCUT2D eigenvalue weighted by Crippen LogP contribution is -2.41. The molecule has 5 nitrogen and oxygen atoms in total. The second-order valence-electron chi connectivity index (χ2n) is 7.07. The highest BCUT2D eigenvalue weighted by molar-refractivity contribution is 9.10. The van der Waals surface area contributed by atoms with E-state index in [1.54, 1.807) is 24.3 Å². The zero-order valence-electron chi connectivity index (χ0n) is 16.7. The fourth-order valence-corrected chi connectivity index (χ4v) is 4.46. The van der Waals surface area contributed by atoms with Gasteiger partial charge >= 0.3 is 0 Å². The van der Waals surface area contributed by atoms with Gasteiger partial charge in [-0.15, -0.1) is 0 Å². The summed E-state index contributed by atoms with van der Waals surface area (Å²) in [5.41, 5.74) is 3.36. The van der Waals surface area contributed by atoms with Gasteiger partial charge in [0.25, 0.3) is 0 Å². The van der Waals surface area contributed by atoms with Crippen LogP contribution in [0.1, 0.15) is 22.7 Å². The normalized spacial score (nSPS) is 12.2. The topological polar surface area (TPSA) is 66.5 Å². The van der Waals surface area contributed by atoms with Gasteiger partial charge in [0.1, 0.15) is 6.54 Å². The summed E-state index contributed by atoms with van der Waals surface area (Å²) < 4.78 is 26.6. The molecule has 0 saturated carbocycles. The molecule has 0 saturated heterocycles. The van der Waals surface area contributed by atoms with E-state index in [1.165, 1.54) is 0 Å². The average Bonchev–Trinajstić information content (AvgIpc) is 2.70. The third kappa shape index (κ3) is 5.70. The zero-order valence-corrected chi connectivity index (χ0v) is 19.2. The van der Waals surface area contributed by atoms with Crippen LogP contribution in [0.25, 0.3) is 0 Å². The van der Waals surface area contributed by atoms with Crippen LogP contribution in [0.2, 0.25) is 0 Å². The molecule has 0 fully saturated rings. The van der Waals surface area contributed by atoms with Crippen LogP contribution >= 0.6 is 15.9 Å². The van der Waals surface area contributed by atoms with Gasteiger partial charge in [-0.05, 0) is 36.2 Å². The number of halogens is 1. The molecule has 3 aromatic rings. The van der Waals surface area contributed by atoms with Crippen molar-refractivity contribution in [3.05, 3.63) is 100 Å². The molecule has 0 heterocycles. The van der Waals surface area contributed by atoms with Crippen molar-refractivity contribution < 1.29 is 13.2 Å². The van der Waals surface area contributed by atoms with Crippen LogP contribution in [-0.4, -0.2) is 27.1 Å². The molecule has 0 aromatic heterocycles. The number of aryl methyl sites for hydroxylation is 1. The molecule has 3 rings (SSSR count). The maximum atomic E-state index is 13.0. The Morgan fingerprint density at radius 3 is 2.27 bits per heavy atom. The lowest BCUT2D eigenvalue weighted by Gasteiger charge is -2.25. The fraction of sp³-hybridized carbons (Fsp3) is 0.174. The number of carbonyl (C=O) groups is 1. The predicted octanol–water partition coefficient (Wildman–Crippen LogP) is 4.43. The molecule has 156 valence electrons. The minimum Gasteiger partial charge on any atom is -0.344 e. The van der Waals surface area contributed by atoms with Crippen LogP contribution in [0.4, 0.5) is 5.69 Å². The van der Waals surface area contributed by atoms with E-state index in [-0.39, 0.29) is 12.6 Å². The summed E-state index contributed by atoms with van der Waals surface area (Å²) in [6, 6.07) is 24.0. The second-order valence-corrected chi connectivity index (χ2v) is 9.90. The number of sulfonamides is 1. The van der Waals surface area contributed by atoms with Crippen molar-refractivity contribution in [1.82, 2.24) is 5.32 Å². The van der Waals surface area contributed by atoms with Gasteiger partial charge in [-0.25, -0.2) is 8.42 Å². The minimum absolute atomic E-state index is 0.315. The highest BCUT2D eigenvalue weighted by Gasteiger charge is 2.24. The quantitative estimate of drug-likeness (QED) is 0.536. The Balaban J connectivity index is 1.89.